The van der Waals surface area contributed by atoms with Crippen LogP contribution in [0.25, 0.3) is 0 Å². The molecule has 0 aromatic heterocycles. The van der Waals surface area contributed by atoms with E-state index in [0.29, 0.717) is 0 Å². The minimum absolute atomic E-state index is 0.0445. The molecule has 0 amide bonds. The average Bonchev–Trinajstić information content (AvgIpc) is 2.22. The lowest BCUT2D eigenvalue weighted by atomic mass is 10.2. The largest absolute Gasteiger partial charge is 0.698 e. The van der Waals surface area contributed by atoms with E-state index in [1.54, 1.807) is 27.7 Å². The van der Waals surface area contributed by atoms with Crippen molar-refractivity contribution in [2.45, 2.75) is 52.7 Å². The van der Waals surface area contributed by atoms with Gasteiger partial charge in [-0.1, -0.05) is 0 Å². The van der Waals surface area contributed by atoms with Crippen LogP contribution in [0.1, 0.15) is 41.5 Å². The van der Waals surface area contributed by atoms with Crippen LogP contribution in [0.4, 0.5) is 0 Å². The van der Waals surface area contributed by atoms with Crippen LogP contribution in [0.2, 0.25) is 0 Å². The maximum Gasteiger partial charge on any atom is 0.698 e. The Morgan fingerprint density at radius 2 is 1.15 bits per heavy atom. The van der Waals surface area contributed by atoms with E-state index in [9.17, 15) is 14.2 Å². The van der Waals surface area contributed by atoms with Crippen molar-refractivity contribution in [2.75, 3.05) is 13.2 Å². The first-order chi connectivity index (χ1) is 8.93. The quantitative estimate of drug-likeness (QED) is 0.502. The molecule has 0 bridgehead atoms. The Balaban J connectivity index is 4.32. The Hall–Kier alpha value is -1.04. The fourth-order valence-corrected chi connectivity index (χ4v) is 1.98. The summed E-state index contributed by atoms with van der Waals surface area (Å²) < 4.78 is 31.8. The van der Waals surface area contributed by atoms with Crippen LogP contribution in [0.5, 0.6) is 0 Å². The molecule has 116 valence electrons. The molecule has 0 rings (SSSR count). The normalized spacial score (nSPS) is 11.9. The molecule has 0 aliphatic heterocycles. The fourth-order valence-electron chi connectivity index (χ4n) is 1.03. The van der Waals surface area contributed by atoms with E-state index in [-0.39, 0.29) is 13.2 Å². The number of ether oxygens (including phenoxy) is 2. The highest BCUT2D eigenvalue weighted by atomic mass is 31.1. The van der Waals surface area contributed by atoms with Gasteiger partial charge in [0, 0.05) is 18.4 Å². The van der Waals surface area contributed by atoms with Gasteiger partial charge in [-0.15, -0.1) is 9.05 Å². The Bertz CT molecular complexity index is 342. The van der Waals surface area contributed by atoms with Crippen LogP contribution >= 0.6 is 8.25 Å². The third-order valence-corrected chi connectivity index (χ3v) is 3.18. The van der Waals surface area contributed by atoms with Crippen LogP contribution in [-0.2, 0) is 32.7 Å². The highest BCUT2D eigenvalue weighted by Gasteiger charge is 2.40. The van der Waals surface area contributed by atoms with Gasteiger partial charge < -0.3 is 9.47 Å². The van der Waals surface area contributed by atoms with Gasteiger partial charge in [-0.05, 0) is 27.7 Å². The number of esters is 2. The summed E-state index contributed by atoms with van der Waals surface area (Å²) in [7, 11) is -2.45. The topological polar surface area (TPSA) is 88.1 Å². The maximum atomic E-state index is 11.8. The molecule has 0 aromatic rings. The van der Waals surface area contributed by atoms with Crippen molar-refractivity contribution < 1.29 is 32.7 Å². The molecule has 0 aliphatic rings. The predicted molar refractivity (Wildman–Crippen MR) is 71.2 cm³/mol. The molecule has 7 nitrogen and oxygen atoms in total. The van der Waals surface area contributed by atoms with Crippen LogP contribution in [0, 0.1) is 0 Å². The minimum atomic E-state index is -2.45. The fraction of sp³-hybridized carbons (Fsp3) is 0.833. The third kappa shape index (κ3) is 9.83. The zero-order valence-electron chi connectivity index (χ0n) is 12.7. The van der Waals surface area contributed by atoms with Gasteiger partial charge in [-0.3, -0.25) is 9.59 Å². The lowest BCUT2D eigenvalue weighted by Crippen LogP contribution is -2.32. The van der Waals surface area contributed by atoms with Crippen molar-refractivity contribution in [1.29, 1.82) is 0 Å². The second-order valence-corrected chi connectivity index (χ2v) is 6.30. The lowest BCUT2D eigenvalue weighted by molar-refractivity contribution is -0.147. The molecule has 0 aromatic carbocycles. The Labute approximate surface area is 119 Å². The smallest absolute Gasteiger partial charge is 0.463 e. The second-order valence-electron chi connectivity index (χ2n) is 5.49. The van der Waals surface area contributed by atoms with Crippen LogP contribution in [0.15, 0.2) is 0 Å². The van der Waals surface area contributed by atoms with E-state index in [1.165, 1.54) is 13.8 Å². The number of carbonyl (C=O) groups is 2. The van der Waals surface area contributed by atoms with Gasteiger partial charge >= 0.3 is 20.2 Å². The van der Waals surface area contributed by atoms with E-state index in [1.807, 2.05) is 0 Å². The van der Waals surface area contributed by atoms with Gasteiger partial charge in [0.1, 0.15) is 13.2 Å². The Morgan fingerprint density at radius 3 is 1.40 bits per heavy atom. The first-order valence-corrected chi connectivity index (χ1v) is 7.15. The van der Waals surface area contributed by atoms with Crippen molar-refractivity contribution >= 4 is 20.2 Å². The van der Waals surface area contributed by atoms with Gasteiger partial charge in [0.2, 0.25) is 0 Å². The number of rotatable bonds is 8. The third-order valence-electron chi connectivity index (χ3n) is 1.89. The molecule has 0 heterocycles. The molecule has 0 saturated heterocycles. The van der Waals surface area contributed by atoms with Gasteiger partial charge in [0.25, 0.3) is 0 Å². The summed E-state index contributed by atoms with van der Waals surface area (Å²) in [5, 5.41) is 0. The molecular weight excluding hydrogens is 287 g/mol. The number of carbonyl (C=O) groups excluding carboxylic acids is 2. The van der Waals surface area contributed by atoms with E-state index >= 15 is 0 Å². The predicted octanol–water partition coefficient (Wildman–Crippen LogP) is 2.36. The molecule has 0 unspecified atom stereocenters. The van der Waals surface area contributed by atoms with Crippen LogP contribution < -0.4 is 0 Å². The number of hydrogen-bond acceptors (Lipinski definition) is 7. The number of hydrogen-bond donors (Lipinski definition) is 0. The minimum Gasteiger partial charge on any atom is -0.463 e. The molecule has 0 radical (unpaired) electrons. The van der Waals surface area contributed by atoms with E-state index < -0.39 is 31.4 Å². The molecule has 20 heavy (non-hydrogen) atoms. The molecule has 0 saturated carbocycles. The van der Waals surface area contributed by atoms with Crippen molar-refractivity contribution in [1.82, 2.24) is 0 Å². The summed E-state index contributed by atoms with van der Waals surface area (Å²) in [4.78, 5) is 21.4. The second kappa shape index (κ2) is 7.67. The van der Waals surface area contributed by atoms with E-state index in [0.717, 1.165) is 0 Å². The Morgan fingerprint density at radius 1 is 0.850 bits per heavy atom. The summed E-state index contributed by atoms with van der Waals surface area (Å²) >= 11 is 0. The summed E-state index contributed by atoms with van der Waals surface area (Å²) in [5.41, 5.74) is -1.90. The molecule has 0 aliphatic carbocycles. The highest BCUT2D eigenvalue weighted by molar-refractivity contribution is 7.33. The molecule has 0 atom stereocenters. The Kier molecular flexibility index (Phi) is 7.27. The summed E-state index contributed by atoms with van der Waals surface area (Å²) in [5.74, 6) is -0.902. The van der Waals surface area contributed by atoms with Crippen molar-refractivity contribution in [3.63, 3.8) is 0 Å². The zero-order chi connectivity index (χ0) is 16.0. The average molecular weight is 309 g/mol. The summed E-state index contributed by atoms with van der Waals surface area (Å²) in [6.07, 6.45) is 0. The van der Waals surface area contributed by atoms with Crippen LogP contribution in [-0.4, -0.2) is 36.4 Å². The van der Waals surface area contributed by atoms with Gasteiger partial charge in [-0.25, -0.2) is 0 Å². The van der Waals surface area contributed by atoms with E-state index in [2.05, 4.69) is 0 Å². The van der Waals surface area contributed by atoms with Crippen LogP contribution in [0.3, 0.4) is 0 Å². The monoisotopic (exact) mass is 309 g/mol. The lowest BCUT2D eigenvalue weighted by Gasteiger charge is -2.19. The van der Waals surface area contributed by atoms with Gasteiger partial charge in [0.05, 0.1) is 0 Å². The van der Waals surface area contributed by atoms with Crippen molar-refractivity contribution in [2.24, 2.45) is 0 Å². The molecule has 0 spiro atoms. The SMILES string of the molecule is CC(=O)OCC(C)(C)O[P+](=O)OC(C)(C)COC(C)=O. The van der Waals surface area contributed by atoms with Gasteiger partial charge in [-0.2, -0.15) is 0 Å². The van der Waals surface area contributed by atoms with E-state index in [4.69, 9.17) is 18.5 Å². The van der Waals surface area contributed by atoms with Crippen molar-refractivity contribution in [3.8, 4) is 0 Å². The maximum absolute atomic E-state index is 11.8. The summed E-state index contributed by atoms with van der Waals surface area (Å²) in [6, 6.07) is 0. The van der Waals surface area contributed by atoms with Gasteiger partial charge in [0.15, 0.2) is 11.2 Å². The molecular formula is C12H22O7P+. The molecule has 0 N–H and O–H groups in total. The highest BCUT2D eigenvalue weighted by Crippen LogP contribution is 2.36. The summed E-state index contributed by atoms with van der Waals surface area (Å²) in [6.45, 7) is 8.92. The zero-order valence-corrected chi connectivity index (χ0v) is 13.6. The molecule has 8 heteroatoms. The first kappa shape index (κ1) is 19.0. The van der Waals surface area contributed by atoms with Crippen molar-refractivity contribution in [3.05, 3.63) is 0 Å². The standard InChI is InChI=1S/C12H22O7P/c1-9(13)16-7-11(3,4)18-20(15)19-12(5,6)8-17-10(2)14/h7-8H2,1-6H3/q+1. The molecule has 0 fully saturated rings. The first-order valence-electron chi connectivity index (χ1n) is 6.06.